The lowest BCUT2D eigenvalue weighted by Crippen LogP contribution is -2.56. The monoisotopic (exact) mass is 306 g/mol. The molecule has 20 heavy (non-hydrogen) atoms. The largest absolute Gasteiger partial charge is 0.480 e. The summed E-state index contributed by atoms with van der Waals surface area (Å²) >= 11 is 0. The van der Waals surface area contributed by atoms with Crippen LogP contribution in [0, 0.1) is 11.8 Å². The van der Waals surface area contributed by atoms with Crippen molar-refractivity contribution in [3.05, 3.63) is 0 Å². The summed E-state index contributed by atoms with van der Waals surface area (Å²) in [5.41, 5.74) is -0.763. The first-order valence-corrected chi connectivity index (χ1v) is 8.34. The predicted octanol–water partition coefficient (Wildman–Crippen LogP) is 1.39. The molecule has 0 aromatic heterocycles. The molecule has 1 aliphatic heterocycles. The Labute approximate surface area is 121 Å². The van der Waals surface area contributed by atoms with Crippen LogP contribution in [0.2, 0.25) is 0 Å². The van der Waals surface area contributed by atoms with Crippen LogP contribution in [0.5, 0.6) is 0 Å². The Morgan fingerprint density at radius 2 is 1.70 bits per heavy atom. The average molecular weight is 306 g/mol. The topological polar surface area (TPSA) is 77.9 Å². The zero-order chi connectivity index (χ0) is 15.7. The minimum absolute atomic E-state index is 0.292. The van der Waals surface area contributed by atoms with E-state index in [1.165, 1.54) is 4.31 Å². The lowest BCUT2D eigenvalue weighted by molar-refractivity contribution is -0.138. The van der Waals surface area contributed by atoms with Crippen LogP contribution >= 0.6 is 0 Å². The van der Waals surface area contributed by atoms with E-state index >= 15 is 0 Å². The van der Waals surface area contributed by atoms with Crippen molar-refractivity contribution < 1.29 is 18.3 Å². The highest BCUT2D eigenvalue weighted by Crippen LogP contribution is 2.27. The maximum atomic E-state index is 12.7. The second-order valence-electron chi connectivity index (χ2n) is 6.84. The third-order valence-corrected chi connectivity index (χ3v) is 5.65. The van der Waals surface area contributed by atoms with Crippen LogP contribution in [0.1, 0.15) is 41.0 Å². The normalized spacial score (nSPS) is 25.9. The van der Waals surface area contributed by atoms with E-state index in [4.69, 9.17) is 5.11 Å². The molecular formula is C13H26N2O4S. The smallest absolute Gasteiger partial charge is 0.318 e. The molecule has 118 valence electrons. The summed E-state index contributed by atoms with van der Waals surface area (Å²) in [5.74, 6) is -0.554. The van der Waals surface area contributed by atoms with E-state index in [-0.39, 0.29) is 0 Å². The summed E-state index contributed by atoms with van der Waals surface area (Å²) < 4.78 is 28.0. The van der Waals surface area contributed by atoms with E-state index in [1.807, 2.05) is 13.8 Å². The fraction of sp³-hybridized carbons (Fsp3) is 0.923. The quantitative estimate of drug-likeness (QED) is 0.851. The van der Waals surface area contributed by atoms with Gasteiger partial charge in [-0.05, 0) is 39.0 Å². The van der Waals surface area contributed by atoms with Crippen molar-refractivity contribution in [3.63, 3.8) is 0 Å². The number of hydrogen-bond donors (Lipinski definition) is 1. The number of aliphatic carboxylic acids is 1. The average Bonchev–Trinajstić information content (AvgIpc) is 2.22. The van der Waals surface area contributed by atoms with Gasteiger partial charge in [0.05, 0.1) is 0 Å². The second-order valence-corrected chi connectivity index (χ2v) is 8.69. The third kappa shape index (κ3) is 4.17. The maximum Gasteiger partial charge on any atom is 0.318 e. The molecular weight excluding hydrogens is 280 g/mol. The molecule has 7 heteroatoms. The van der Waals surface area contributed by atoms with E-state index in [1.54, 1.807) is 20.8 Å². The number of piperidine rings is 1. The van der Waals surface area contributed by atoms with Crippen LogP contribution in [0.3, 0.4) is 0 Å². The van der Waals surface area contributed by atoms with E-state index in [0.717, 1.165) is 10.7 Å². The van der Waals surface area contributed by atoms with Gasteiger partial charge in [0.2, 0.25) is 0 Å². The Hall–Kier alpha value is -0.660. The molecule has 1 fully saturated rings. The number of rotatable bonds is 4. The lowest BCUT2D eigenvalue weighted by atomic mass is 9.94. The standard InChI is InChI=1S/C13H26N2O4S/c1-10-6-11(2)8-14(7-10)20(18,19)15(9-12(16)17)13(3,4)5/h10-11H,6-9H2,1-5H3,(H,16,17). The molecule has 1 aliphatic rings. The molecule has 2 atom stereocenters. The molecule has 0 spiro atoms. The molecule has 1 saturated heterocycles. The first-order chi connectivity index (χ1) is 8.94. The summed E-state index contributed by atoms with van der Waals surface area (Å²) in [6.45, 7) is 9.59. The summed E-state index contributed by atoms with van der Waals surface area (Å²) in [6.07, 6.45) is 1.00. The zero-order valence-electron chi connectivity index (χ0n) is 13.0. The molecule has 0 saturated carbocycles. The minimum atomic E-state index is -3.76. The van der Waals surface area contributed by atoms with Gasteiger partial charge in [-0.25, -0.2) is 0 Å². The van der Waals surface area contributed by atoms with E-state index < -0.39 is 28.3 Å². The van der Waals surface area contributed by atoms with Gasteiger partial charge in [-0.2, -0.15) is 17.0 Å². The van der Waals surface area contributed by atoms with Gasteiger partial charge in [0.1, 0.15) is 6.54 Å². The van der Waals surface area contributed by atoms with E-state index in [0.29, 0.717) is 24.9 Å². The first kappa shape index (κ1) is 17.4. The van der Waals surface area contributed by atoms with Gasteiger partial charge in [0.15, 0.2) is 0 Å². The van der Waals surface area contributed by atoms with Crippen LogP contribution in [-0.4, -0.2) is 53.3 Å². The highest BCUT2D eigenvalue weighted by atomic mass is 32.2. The number of hydrogen-bond acceptors (Lipinski definition) is 3. The Bertz CT molecular complexity index is 445. The number of carboxylic acids is 1. The highest BCUT2D eigenvalue weighted by Gasteiger charge is 2.40. The SMILES string of the molecule is CC1CC(C)CN(S(=O)(=O)N(CC(=O)O)C(C)(C)C)C1. The van der Waals surface area contributed by atoms with Crippen molar-refractivity contribution in [3.8, 4) is 0 Å². The Morgan fingerprint density at radius 3 is 2.05 bits per heavy atom. The van der Waals surface area contributed by atoms with Crippen LogP contribution in [-0.2, 0) is 15.0 Å². The molecule has 0 aromatic rings. The van der Waals surface area contributed by atoms with Gasteiger partial charge in [-0.15, -0.1) is 0 Å². The van der Waals surface area contributed by atoms with Crippen LogP contribution in [0.25, 0.3) is 0 Å². The lowest BCUT2D eigenvalue weighted by Gasteiger charge is -2.41. The molecule has 0 aliphatic carbocycles. The maximum absolute atomic E-state index is 12.7. The van der Waals surface area contributed by atoms with Gasteiger partial charge in [0.25, 0.3) is 10.2 Å². The van der Waals surface area contributed by atoms with Gasteiger partial charge in [0, 0.05) is 18.6 Å². The number of carboxylic acid groups (broad SMARTS) is 1. The van der Waals surface area contributed by atoms with Crippen molar-refractivity contribution in [1.82, 2.24) is 8.61 Å². The van der Waals surface area contributed by atoms with Gasteiger partial charge < -0.3 is 5.11 Å². The van der Waals surface area contributed by atoms with Gasteiger partial charge in [-0.1, -0.05) is 13.8 Å². The fourth-order valence-corrected chi connectivity index (χ4v) is 4.85. The van der Waals surface area contributed by atoms with Gasteiger partial charge in [-0.3, -0.25) is 4.79 Å². The molecule has 1 heterocycles. The van der Waals surface area contributed by atoms with Crippen molar-refractivity contribution in [2.24, 2.45) is 11.8 Å². The van der Waals surface area contributed by atoms with Gasteiger partial charge >= 0.3 is 5.97 Å². The first-order valence-electron chi connectivity index (χ1n) is 6.94. The molecule has 6 nitrogen and oxygen atoms in total. The summed E-state index contributed by atoms with van der Waals surface area (Å²) in [7, 11) is -3.76. The van der Waals surface area contributed by atoms with Crippen molar-refractivity contribution >= 4 is 16.2 Å². The molecule has 0 amide bonds. The predicted molar refractivity (Wildman–Crippen MR) is 77.5 cm³/mol. The summed E-state index contributed by atoms with van der Waals surface area (Å²) in [6, 6.07) is 0. The van der Waals surface area contributed by atoms with E-state index in [2.05, 4.69) is 0 Å². The Morgan fingerprint density at radius 1 is 1.25 bits per heavy atom. The van der Waals surface area contributed by atoms with Crippen LogP contribution < -0.4 is 0 Å². The highest BCUT2D eigenvalue weighted by molar-refractivity contribution is 7.86. The van der Waals surface area contributed by atoms with Crippen molar-refractivity contribution in [2.75, 3.05) is 19.6 Å². The summed E-state index contributed by atoms with van der Waals surface area (Å²) in [5, 5.41) is 8.99. The number of carbonyl (C=O) groups is 1. The second kappa shape index (κ2) is 5.99. The molecule has 0 aromatic carbocycles. The molecule has 1 N–H and O–H groups in total. The van der Waals surface area contributed by atoms with Crippen LogP contribution in [0.4, 0.5) is 0 Å². The van der Waals surface area contributed by atoms with Crippen molar-refractivity contribution in [1.29, 1.82) is 0 Å². The third-order valence-electron chi connectivity index (χ3n) is 3.47. The van der Waals surface area contributed by atoms with Crippen LogP contribution in [0.15, 0.2) is 0 Å². The fourth-order valence-electron chi connectivity index (χ4n) is 2.72. The minimum Gasteiger partial charge on any atom is -0.480 e. The number of nitrogens with zero attached hydrogens (tertiary/aromatic N) is 2. The van der Waals surface area contributed by atoms with Crippen molar-refractivity contribution in [2.45, 2.75) is 46.6 Å². The molecule has 2 unspecified atom stereocenters. The summed E-state index contributed by atoms with van der Waals surface area (Å²) in [4.78, 5) is 11.0. The molecule has 0 radical (unpaired) electrons. The Kier molecular flexibility index (Phi) is 5.21. The molecule has 1 rings (SSSR count). The van der Waals surface area contributed by atoms with E-state index in [9.17, 15) is 13.2 Å². The zero-order valence-corrected chi connectivity index (χ0v) is 13.8. The Balaban J connectivity index is 3.07. The molecule has 0 bridgehead atoms.